The Balaban J connectivity index is 1.91. The standard InChI is InChI=1S/C16H16FNO5/c1-11-4-2-3-5-15(11)22-9-13(19)10-23-16-7-6-12(17)8-14(16)18(20)21/h2-8,13,19H,9-10H2,1H3. The van der Waals surface area contributed by atoms with Gasteiger partial charge in [-0.15, -0.1) is 0 Å². The molecule has 0 saturated carbocycles. The predicted molar refractivity (Wildman–Crippen MR) is 81.2 cm³/mol. The molecule has 0 aromatic heterocycles. The van der Waals surface area contributed by atoms with Gasteiger partial charge in [0.2, 0.25) is 0 Å². The van der Waals surface area contributed by atoms with Gasteiger partial charge in [0.25, 0.3) is 0 Å². The molecule has 1 atom stereocenters. The fraction of sp³-hybridized carbons (Fsp3) is 0.250. The summed E-state index contributed by atoms with van der Waals surface area (Å²) < 4.78 is 23.7. The van der Waals surface area contributed by atoms with E-state index in [9.17, 15) is 19.6 Å². The maximum Gasteiger partial charge on any atom is 0.313 e. The van der Waals surface area contributed by atoms with E-state index in [1.54, 1.807) is 6.07 Å². The van der Waals surface area contributed by atoms with Gasteiger partial charge in [-0.3, -0.25) is 10.1 Å². The Labute approximate surface area is 132 Å². The Bertz CT molecular complexity index is 692. The second-order valence-electron chi connectivity index (χ2n) is 4.91. The molecule has 0 fully saturated rings. The molecule has 0 amide bonds. The molecule has 1 unspecified atom stereocenters. The monoisotopic (exact) mass is 321 g/mol. The predicted octanol–water partition coefficient (Wildman–Crippen LogP) is 2.86. The fourth-order valence-corrected chi connectivity index (χ4v) is 1.89. The minimum Gasteiger partial charge on any atom is -0.490 e. The highest BCUT2D eigenvalue weighted by Crippen LogP contribution is 2.27. The molecule has 0 aliphatic carbocycles. The van der Waals surface area contributed by atoms with Crippen LogP contribution >= 0.6 is 0 Å². The summed E-state index contributed by atoms with van der Waals surface area (Å²) >= 11 is 0. The lowest BCUT2D eigenvalue weighted by Crippen LogP contribution is -2.25. The number of hydrogen-bond acceptors (Lipinski definition) is 5. The van der Waals surface area contributed by atoms with Crippen LogP contribution in [0.2, 0.25) is 0 Å². The highest BCUT2D eigenvalue weighted by Gasteiger charge is 2.17. The first-order chi connectivity index (χ1) is 11.0. The van der Waals surface area contributed by atoms with E-state index in [1.807, 2.05) is 25.1 Å². The summed E-state index contributed by atoms with van der Waals surface area (Å²) in [5.74, 6) is -0.196. The number of halogens is 1. The third-order valence-corrected chi connectivity index (χ3v) is 3.07. The van der Waals surface area contributed by atoms with Crippen LogP contribution in [-0.2, 0) is 0 Å². The van der Waals surface area contributed by atoms with Gasteiger partial charge < -0.3 is 14.6 Å². The number of rotatable bonds is 7. The number of benzene rings is 2. The van der Waals surface area contributed by atoms with Crippen molar-refractivity contribution in [3.05, 3.63) is 64.0 Å². The number of aryl methyl sites for hydroxylation is 1. The van der Waals surface area contributed by atoms with Crippen molar-refractivity contribution in [2.24, 2.45) is 0 Å². The molecule has 2 rings (SSSR count). The first-order valence-electron chi connectivity index (χ1n) is 6.90. The largest absolute Gasteiger partial charge is 0.490 e. The first kappa shape index (κ1) is 16.7. The fourth-order valence-electron chi connectivity index (χ4n) is 1.89. The van der Waals surface area contributed by atoms with Crippen molar-refractivity contribution >= 4 is 5.69 Å². The quantitative estimate of drug-likeness (QED) is 0.626. The average Bonchev–Trinajstić information content (AvgIpc) is 2.52. The molecule has 23 heavy (non-hydrogen) atoms. The number of hydrogen-bond donors (Lipinski definition) is 1. The molecule has 2 aromatic carbocycles. The van der Waals surface area contributed by atoms with Crippen LogP contribution in [0.4, 0.5) is 10.1 Å². The zero-order valence-electron chi connectivity index (χ0n) is 12.4. The molecule has 0 bridgehead atoms. The summed E-state index contributed by atoms with van der Waals surface area (Å²) in [6, 6.07) is 10.3. The van der Waals surface area contributed by atoms with Crippen LogP contribution in [0, 0.1) is 22.9 Å². The summed E-state index contributed by atoms with van der Waals surface area (Å²) in [4.78, 5) is 10.1. The molecule has 2 aromatic rings. The number of para-hydroxylation sites is 1. The van der Waals surface area contributed by atoms with E-state index in [2.05, 4.69) is 0 Å². The van der Waals surface area contributed by atoms with Gasteiger partial charge >= 0.3 is 5.69 Å². The SMILES string of the molecule is Cc1ccccc1OCC(O)COc1ccc(F)cc1[N+](=O)[O-]. The number of ether oxygens (including phenoxy) is 2. The number of nitrogens with zero attached hydrogens (tertiary/aromatic N) is 1. The van der Waals surface area contributed by atoms with E-state index >= 15 is 0 Å². The van der Waals surface area contributed by atoms with Crippen molar-refractivity contribution in [1.29, 1.82) is 0 Å². The second kappa shape index (κ2) is 7.55. The average molecular weight is 321 g/mol. The van der Waals surface area contributed by atoms with Crippen LogP contribution in [-0.4, -0.2) is 29.3 Å². The molecular formula is C16H16FNO5. The molecule has 6 nitrogen and oxygen atoms in total. The van der Waals surface area contributed by atoms with E-state index in [-0.39, 0.29) is 19.0 Å². The molecule has 0 radical (unpaired) electrons. The van der Waals surface area contributed by atoms with Crippen molar-refractivity contribution in [3.63, 3.8) is 0 Å². The van der Waals surface area contributed by atoms with Gasteiger partial charge in [-0.05, 0) is 30.7 Å². The van der Waals surface area contributed by atoms with Crippen molar-refractivity contribution in [2.75, 3.05) is 13.2 Å². The van der Waals surface area contributed by atoms with Crippen molar-refractivity contribution < 1.29 is 23.9 Å². The number of aliphatic hydroxyl groups is 1. The topological polar surface area (TPSA) is 81.8 Å². The number of nitro benzene ring substituents is 1. The van der Waals surface area contributed by atoms with E-state index in [1.165, 1.54) is 0 Å². The maximum atomic E-state index is 13.0. The summed E-state index contributed by atoms with van der Waals surface area (Å²) in [6.45, 7) is 1.64. The van der Waals surface area contributed by atoms with Crippen LogP contribution in [0.3, 0.4) is 0 Å². The summed E-state index contributed by atoms with van der Waals surface area (Å²) in [6.07, 6.45) is -0.987. The smallest absolute Gasteiger partial charge is 0.313 e. The second-order valence-corrected chi connectivity index (χ2v) is 4.91. The lowest BCUT2D eigenvalue weighted by Gasteiger charge is -2.14. The van der Waals surface area contributed by atoms with Crippen molar-refractivity contribution in [2.45, 2.75) is 13.0 Å². The Morgan fingerprint density at radius 1 is 1.17 bits per heavy atom. The van der Waals surface area contributed by atoms with Crippen molar-refractivity contribution in [3.8, 4) is 11.5 Å². The Morgan fingerprint density at radius 3 is 2.48 bits per heavy atom. The van der Waals surface area contributed by atoms with Crippen molar-refractivity contribution in [1.82, 2.24) is 0 Å². The van der Waals surface area contributed by atoms with Gasteiger partial charge in [0.05, 0.1) is 11.0 Å². The number of nitro groups is 1. The van der Waals surface area contributed by atoms with Crippen LogP contribution in [0.1, 0.15) is 5.56 Å². The Kier molecular flexibility index (Phi) is 5.48. The molecule has 0 spiro atoms. The molecule has 0 aliphatic heterocycles. The summed E-state index contributed by atoms with van der Waals surface area (Å²) in [5, 5.41) is 20.7. The molecule has 0 aliphatic rings. The van der Waals surface area contributed by atoms with Gasteiger partial charge in [-0.2, -0.15) is 0 Å². The third-order valence-electron chi connectivity index (χ3n) is 3.07. The lowest BCUT2D eigenvalue weighted by molar-refractivity contribution is -0.386. The highest BCUT2D eigenvalue weighted by molar-refractivity contribution is 5.46. The summed E-state index contributed by atoms with van der Waals surface area (Å²) in [7, 11) is 0. The molecule has 0 heterocycles. The normalized spacial score (nSPS) is 11.8. The molecule has 0 saturated heterocycles. The Morgan fingerprint density at radius 2 is 1.83 bits per heavy atom. The maximum absolute atomic E-state index is 13.0. The van der Waals surface area contributed by atoms with Crippen LogP contribution in [0.15, 0.2) is 42.5 Å². The third kappa shape index (κ3) is 4.65. The van der Waals surface area contributed by atoms with Gasteiger partial charge in [0, 0.05) is 0 Å². The lowest BCUT2D eigenvalue weighted by atomic mass is 10.2. The highest BCUT2D eigenvalue weighted by atomic mass is 19.1. The van der Waals surface area contributed by atoms with Gasteiger partial charge in [0.15, 0.2) is 5.75 Å². The van der Waals surface area contributed by atoms with Gasteiger partial charge in [-0.25, -0.2) is 4.39 Å². The van der Waals surface area contributed by atoms with E-state index in [0.29, 0.717) is 5.75 Å². The van der Waals surface area contributed by atoms with E-state index in [4.69, 9.17) is 9.47 Å². The Hall–Kier alpha value is -2.67. The zero-order valence-corrected chi connectivity index (χ0v) is 12.4. The van der Waals surface area contributed by atoms with Crippen LogP contribution < -0.4 is 9.47 Å². The van der Waals surface area contributed by atoms with Gasteiger partial charge in [-0.1, -0.05) is 18.2 Å². The molecular weight excluding hydrogens is 305 g/mol. The van der Waals surface area contributed by atoms with Crippen LogP contribution in [0.5, 0.6) is 11.5 Å². The number of aliphatic hydroxyl groups excluding tert-OH is 1. The van der Waals surface area contributed by atoms with Crippen LogP contribution in [0.25, 0.3) is 0 Å². The first-order valence-corrected chi connectivity index (χ1v) is 6.90. The van der Waals surface area contributed by atoms with E-state index < -0.39 is 22.5 Å². The van der Waals surface area contributed by atoms with Gasteiger partial charge in [0.1, 0.15) is 30.9 Å². The molecule has 122 valence electrons. The molecule has 1 N–H and O–H groups in total. The summed E-state index contributed by atoms with van der Waals surface area (Å²) in [5.41, 5.74) is 0.437. The minimum atomic E-state index is -0.987. The van der Waals surface area contributed by atoms with E-state index in [0.717, 1.165) is 23.8 Å². The zero-order chi connectivity index (χ0) is 16.8. The minimum absolute atomic E-state index is 0.0279. The molecule has 7 heteroatoms.